The van der Waals surface area contributed by atoms with Crippen molar-refractivity contribution in [3.8, 4) is 0 Å². The number of ether oxygens (including phenoxy) is 2. The highest BCUT2D eigenvalue weighted by atomic mass is 35.5. The highest BCUT2D eigenvalue weighted by Crippen LogP contribution is 2.01. The standard InChI is InChI=1S/C10H19NO4.ClH/c1-8(2)15-10(13)9(12)7-11-3-5-14-6-4-11;/h8-9,12H,3-7H2,1-2H3;1H. The summed E-state index contributed by atoms with van der Waals surface area (Å²) in [6, 6.07) is 0. The first-order valence-electron chi connectivity index (χ1n) is 5.28. The molecule has 0 aromatic rings. The fourth-order valence-electron chi connectivity index (χ4n) is 1.41. The molecule has 0 bridgehead atoms. The van der Waals surface area contributed by atoms with Crippen LogP contribution >= 0.6 is 12.4 Å². The molecule has 0 aliphatic carbocycles. The molecule has 1 aliphatic rings. The van der Waals surface area contributed by atoms with Crippen LogP contribution in [0.25, 0.3) is 0 Å². The smallest absolute Gasteiger partial charge is 0.336 e. The normalized spacial score (nSPS) is 19.0. The number of nitrogens with zero attached hydrogens (tertiary/aromatic N) is 1. The summed E-state index contributed by atoms with van der Waals surface area (Å²) in [5.74, 6) is -0.545. The molecule has 1 unspecified atom stereocenters. The molecular formula is C10H20ClNO4. The third-order valence-electron chi connectivity index (χ3n) is 2.16. The topological polar surface area (TPSA) is 59.0 Å². The summed E-state index contributed by atoms with van der Waals surface area (Å²) in [7, 11) is 0. The minimum Gasteiger partial charge on any atom is -0.461 e. The number of esters is 1. The van der Waals surface area contributed by atoms with Gasteiger partial charge in [-0.15, -0.1) is 12.4 Å². The zero-order valence-electron chi connectivity index (χ0n) is 9.72. The first kappa shape index (κ1) is 15.6. The van der Waals surface area contributed by atoms with Crippen molar-refractivity contribution in [2.75, 3.05) is 32.8 Å². The van der Waals surface area contributed by atoms with Gasteiger partial charge in [0.1, 0.15) is 0 Å². The van der Waals surface area contributed by atoms with E-state index in [1.54, 1.807) is 13.8 Å². The second-order valence-corrected chi connectivity index (χ2v) is 3.91. The molecule has 0 saturated carbocycles. The molecule has 1 N–H and O–H groups in total. The van der Waals surface area contributed by atoms with Crippen LogP contribution in [-0.4, -0.2) is 61.0 Å². The van der Waals surface area contributed by atoms with Crippen LogP contribution in [0.5, 0.6) is 0 Å². The molecule has 16 heavy (non-hydrogen) atoms. The maximum Gasteiger partial charge on any atom is 0.336 e. The van der Waals surface area contributed by atoms with Crippen LogP contribution in [-0.2, 0) is 14.3 Å². The molecule has 0 amide bonds. The summed E-state index contributed by atoms with van der Waals surface area (Å²) in [5, 5.41) is 9.56. The second kappa shape index (κ2) is 7.84. The molecule has 6 heteroatoms. The van der Waals surface area contributed by atoms with Crippen LogP contribution in [0.4, 0.5) is 0 Å². The van der Waals surface area contributed by atoms with Crippen LogP contribution in [0.1, 0.15) is 13.8 Å². The quantitative estimate of drug-likeness (QED) is 0.718. The van der Waals surface area contributed by atoms with E-state index in [2.05, 4.69) is 0 Å². The number of hydrogen-bond donors (Lipinski definition) is 1. The molecule has 0 aromatic carbocycles. The van der Waals surface area contributed by atoms with E-state index in [1.165, 1.54) is 0 Å². The van der Waals surface area contributed by atoms with Crippen molar-refractivity contribution in [3.63, 3.8) is 0 Å². The fraction of sp³-hybridized carbons (Fsp3) is 0.900. The lowest BCUT2D eigenvalue weighted by Crippen LogP contribution is -2.44. The Morgan fingerprint density at radius 3 is 2.50 bits per heavy atom. The number of aliphatic hydroxyl groups excluding tert-OH is 1. The molecular weight excluding hydrogens is 234 g/mol. The third-order valence-corrected chi connectivity index (χ3v) is 2.16. The minimum atomic E-state index is -1.05. The molecule has 5 nitrogen and oxygen atoms in total. The van der Waals surface area contributed by atoms with Gasteiger partial charge >= 0.3 is 5.97 Å². The maximum absolute atomic E-state index is 11.3. The summed E-state index contributed by atoms with van der Waals surface area (Å²) in [6.45, 7) is 6.68. The van der Waals surface area contributed by atoms with Crippen molar-refractivity contribution in [2.45, 2.75) is 26.1 Å². The van der Waals surface area contributed by atoms with Crippen LogP contribution in [0.3, 0.4) is 0 Å². The molecule has 0 aromatic heterocycles. The number of aliphatic hydroxyl groups is 1. The number of carbonyl (C=O) groups is 1. The van der Waals surface area contributed by atoms with Gasteiger partial charge in [0.05, 0.1) is 19.3 Å². The first-order valence-corrected chi connectivity index (χ1v) is 5.28. The van der Waals surface area contributed by atoms with Crippen molar-refractivity contribution < 1.29 is 19.4 Å². The predicted octanol–water partition coefficient (Wildman–Crippen LogP) is 0.0529. The Labute approximate surface area is 102 Å². The number of halogens is 1. The van der Waals surface area contributed by atoms with Gasteiger partial charge in [-0.05, 0) is 13.8 Å². The third kappa shape index (κ3) is 5.65. The van der Waals surface area contributed by atoms with Gasteiger partial charge in [0.25, 0.3) is 0 Å². The van der Waals surface area contributed by atoms with Gasteiger partial charge < -0.3 is 14.6 Å². The predicted molar refractivity (Wildman–Crippen MR) is 61.7 cm³/mol. The van der Waals surface area contributed by atoms with Gasteiger partial charge in [0.15, 0.2) is 6.10 Å². The zero-order valence-corrected chi connectivity index (χ0v) is 10.5. The van der Waals surface area contributed by atoms with E-state index in [9.17, 15) is 9.90 Å². The van der Waals surface area contributed by atoms with E-state index in [0.29, 0.717) is 19.8 Å². The fourth-order valence-corrected chi connectivity index (χ4v) is 1.41. The summed E-state index contributed by atoms with van der Waals surface area (Å²) in [4.78, 5) is 13.3. The van der Waals surface area contributed by atoms with Gasteiger partial charge in [0.2, 0.25) is 0 Å². The highest BCUT2D eigenvalue weighted by Gasteiger charge is 2.22. The Morgan fingerprint density at radius 1 is 1.44 bits per heavy atom. The van der Waals surface area contributed by atoms with E-state index in [1.807, 2.05) is 4.90 Å². The van der Waals surface area contributed by atoms with E-state index in [4.69, 9.17) is 9.47 Å². The lowest BCUT2D eigenvalue weighted by molar-refractivity contribution is -0.158. The van der Waals surface area contributed by atoms with E-state index in [-0.39, 0.29) is 18.5 Å². The summed E-state index contributed by atoms with van der Waals surface area (Å²) in [6.07, 6.45) is -1.23. The monoisotopic (exact) mass is 253 g/mol. The number of carbonyl (C=O) groups excluding carboxylic acids is 1. The average Bonchev–Trinajstić information content (AvgIpc) is 2.18. The largest absolute Gasteiger partial charge is 0.461 e. The molecule has 1 aliphatic heterocycles. The summed E-state index contributed by atoms with van der Waals surface area (Å²) in [5.41, 5.74) is 0. The van der Waals surface area contributed by atoms with Crippen LogP contribution in [0.15, 0.2) is 0 Å². The highest BCUT2D eigenvalue weighted by molar-refractivity contribution is 5.85. The Morgan fingerprint density at radius 2 is 2.00 bits per heavy atom. The van der Waals surface area contributed by atoms with Gasteiger partial charge in [-0.2, -0.15) is 0 Å². The second-order valence-electron chi connectivity index (χ2n) is 3.91. The maximum atomic E-state index is 11.3. The molecule has 96 valence electrons. The zero-order chi connectivity index (χ0) is 11.3. The first-order chi connectivity index (χ1) is 7.09. The van der Waals surface area contributed by atoms with E-state index in [0.717, 1.165) is 13.1 Å². The van der Waals surface area contributed by atoms with Crippen LogP contribution in [0.2, 0.25) is 0 Å². The van der Waals surface area contributed by atoms with Crippen molar-refractivity contribution in [1.82, 2.24) is 4.90 Å². The minimum absolute atomic E-state index is 0. The number of rotatable bonds is 4. The lowest BCUT2D eigenvalue weighted by Gasteiger charge is -2.28. The summed E-state index contributed by atoms with van der Waals surface area (Å²) < 4.78 is 10.1. The van der Waals surface area contributed by atoms with Gasteiger partial charge in [0, 0.05) is 19.6 Å². The average molecular weight is 254 g/mol. The number of morpholine rings is 1. The lowest BCUT2D eigenvalue weighted by atomic mass is 10.3. The van der Waals surface area contributed by atoms with Crippen molar-refractivity contribution in [2.24, 2.45) is 0 Å². The molecule has 1 heterocycles. The Hall–Kier alpha value is -0.360. The molecule has 1 rings (SSSR count). The van der Waals surface area contributed by atoms with Gasteiger partial charge in [-0.1, -0.05) is 0 Å². The molecule has 1 atom stereocenters. The molecule has 1 saturated heterocycles. The van der Waals surface area contributed by atoms with E-state index < -0.39 is 12.1 Å². The Bertz CT molecular complexity index is 207. The number of hydrogen-bond acceptors (Lipinski definition) is 5. The van der Waals surface area contributed by atoms with Gasteiger partial charge in [-0.25, -0.2) is 4.79 Å². The van der Waals surface area contributed by atoms with Crippen molar-refractivity contribution >= 4 is 18.4 Å². The van der Waals surface area contributed by atoms with Gasteiger partial charge in [-0.3, -0.25) is 4.90 Å². The van der Waals surface area contributed by atoms with Crippen molar-refractivity contribution in [1.29, 1.82) is 0 Å². The SMILES string of the molecule is CC(C)OC(=O)C(O)CN1CCOCC1.Cl. The Balaban J connectivity index is 0.00000225. The molecule has 1 fully saturated rings. The number of β-amino-alcohol motifs (C(OH)–C–C–N with tert-alkyl or cyclic N) is 1. The van der Waals surface area contributed by atoms with E-state index >= 15 is 0 Å². The molecule has 0 spiro atoms. The molecule has 0 radical (unpaired) electrons. The van der Waals surface area contributed by atoms with Crippen LogP contribution in [0, 0.1) is 0 Å². The van der Waals surface area contributed by atoms with Crippen LogP contribution < -0.4 is 0 Å². The van der Waals surface area contributed by atoms with Crippen molar-refractivity contribution in [3.05, 3.63) is 0 Å². The summed E-state index contributed by atoms with van der Waals surface area (Å²) >= 11 is 0. The Kier molecular flexibility index (Phi) is 7.66.